The molecule has 0 unspecified atom stereocenters. The maximum absolute atomic E-state index is 5.33. The fourth-order valence-electron chi connectivity index (χ4n) is 3.18. The van der Waals surface area contributed by atoms with E-state index >= 15 is 0 Å². The Morgan fingerprint density at radius 1 is 1.26 bits per heavy atom. The molecule has 1 N–H and O–H groups in total. The van der Waals surface area contributed by atoms with Crippen molar-refractivity contribution in [1.82, 2.24) is 5.32 Å². The molecule has 0 amide bonds. The number of methoxy groups -OCH3 is 1. The largest absolute Gasteiger partial charge is 0.497 e. The zero-order chi connectivity index (χ0) is 13.7. The first kappa shape index (κ1) is 14.4. The maximum Gasteiger partial charge on any atom is 0.119 e. The van der Waals surface area contributed by atoms with Crippen LogP contribution >= 0.6 is 0 Å². The predicted octanol–water partition coefficient (Wildman–Crippen LogP) is 3.80. The van der Waals surface area contributed by atoms with Crippen molar-refractivity contribution in [2.24, 2.45) is 5.41 Å². The summed E-state index contributed by atoms with van der Waals surface area (Å²) >= 11 is 0. The Kier molecular flexibility index (Phi) is 4.87. The Labute approximate surface area is 117 Å². The van der Waals surface area contributed by atoms with Gasteiger partial charge < -0.3 is 10.1 Å². The van der Waals surface area contributed by atoms with Gasteiger partial charge in [-0.25, -0.2) is 0 Å². The number of hydrogen-bond donors (Lipinski definition) is 1. The lowest BCUT2D eigenvalue weighted by Crippen LogP contribution is -2.37. The molecule has 0 atom stereocenters. The molecule has 0 radical (unpaired) electrons. The van der Waals surface area contributed by atoms with Crippen LogP contribution in [0.3, 0.4) is 0 Å². The van der Waals surface area contributed by atoms with Crippen molar-refractivity contribution >= 4 is 0 Å². The van der Waals surface area contributed by atoms with Crippen molar-refractivity contribution < 1.29 is 4.74 Å². The zero-order valence-corrected chi connectivity index (χ0v) is 12.5. The van der Waals surface area contributed by atoms with Crippen LogP contribution in [-0.2, 0) is 6.42 Å². The summed E-state index contributed by atoms with van der Waals surface area (Å²) in [5.41, 5.74) is 1.86. The number of nitrogens with one attached hydrogen (secondary N) is 1. The highest BCUT2D eigenvalue weighted by Gasteiger charge is 2.33. The van der Waals surface area contributed by atoms with E-state index in [2.05, 4.69) is 37.4 Å². The summed E-state index contributed by atoms with van der Waals surface area (Å²) in [4.78, 5) is 0. The normalized spacial score (nSPS) is 17.9. The van der Waals surface area contributed by atoms with Crippen LogP contribution in [0.5, 0.6) is 5.75 Å². The van der Waals surface area contributed by atoms with Crippen molar-refractivity contribution in [2.75, 3.05) is 13.7 Å². The Balaban J connectivity index is 2.07. The summed E-state index contributed by atoms with van der Waals surface area (Å²) in [6.45, 7) is 5.60. The second-order valence-electron chi connectivity index (χ2n) is 6.27. The van der Waals surface area contributed by atoms with Gasteiger partial charge in [-0.2, -0.15) is 0 Å². The summed E-state index contributed by atoms with van der Waals surface area (Å²) in [7, 11) is 1.74. The topological polar surface area (TPSA) is 21.3 Å². The first-order chi connectivity index (χ1) is 9.13. The molecule has 0 heterocycles. The molecular weight excluding hydrogens is 234 g/mol. The van der Waals surface area contributed by atoms with Gasteiger partial charge in [0.1, 0.15) is 5.75 Å². The van der Waals surface area contributed by atoms with E-state index < -0.39 is 0 Å². The molecular formula is C17H27NO. The number of ether oxygens (including phenoxy) is 1. The molecule has 2 heteroatoms. The molecule has 1 aromatic rings. The fourth-order valence-corrected chi connectivity index (χ4v) is 3.18. The Morgan fingerprint density at radius 2 is 2.00 bits per heavy atom. The van der Waals surface area contributed by atoms with E-state index in [1.54, 1.807) is 7.11 Å². The van der Waals surface area contributed by atoms with Crippen LogP contribution in [0.15, 0.2) is 24.3 Å². The minimum atomic E-state index is 0.455. The van der Waals surface area contributed by atoms with Gasteiger partial charge in [-0.15, -0.1) is 0 Å². The van der Waals surface area contributed by atoms with Gasteiger partial charge in [0, 0.05) is 12.6 Å². The van der Waals surface area contributed by atoms with Crippen molar-refractivity contribution in [3.8, 4) is 5.75 Å². The summed E-state index contributed by atoms with van der Waals surface area (Å²) in [6.07, 6.45) is 6.63. The van der Waals surface area contributed by atoms with E-state index in [1.165, 1.54) is 37.7 Å². The lowest BCUT2D eigenvalue weighted by atomic mass is 9.79. The number of benzene rings is 1. The van der Waals surface area contributed by atoms with Crippen LogP contribution in [-0.4, -0.2) is 19.7 Å². The van der Waals surface area contributed by atoms with Gasteiger partial charge in [0.05, 0.1) is 7.11 Å². The highest BCUT2D eigenvalue weighted by atomic mass is 16.5. The van der Waals surface area contributed by atoms with E-state index in [0.717, 1.165) is 12.3 Å². The summed E-state index contributed by atoms with van der Waals surface area (Å²) in [5, 5.41) is 3.65. The molecule has 106 valence electrons. The molecule has 1 aliphatic carbocycles. The molecule has 0 bridgehead atoms. The third-order valence-corrected chi connectivity index (χ3v) is 4.26. The van der Waals surface area contributed by atoms with Crippen LogP contribution in [0, 0.1) is 5.41 Å². The van der Waals surface area contributed by atoms with Crippen LogP contribution in [0.1, 0.15) is 45.1 Å². The van der Waals surface area contributed by atoms with Crippen LogP contribution < -0.4 is 10.1 Å². The Morgan fingerprint density at radius 3 is 2.63 bits per heavy atom. The molecule has 2 rings (SSSR count). The smallest absolute Gasteiger partial charge is 0.119 e. The first-order valence-electron chi connectivity index (χ1n) is 7.50. The molecule has 0 aliphatic heterocycles. The van der Waals surface area contributed by atoms with Gasteiger partial charge >= 0.3 is 0 Å². The van der Waals surface area contributed by atoms with E-state index in [-0.39, 0.29) is 0 Å². The lowest BCUT2D eigenvalue weighted by molar-refractivity contribution is 0.269. The first-order valence-corrected chi connectivity index (χ1v) is 7.50. The van der Waals surface area contributed by atoms with Crippen molar-refractivity contribution in [2.45, 2.75) is 52.0 Å². The number of rotatable bonds is 6. The SMILES string of the molecule is COc1cccc(CC2(CNC(C)C)CCCC2)c1. The van der Waals surface area contributed by atoms with Crippen molar-refractivity contribution in [3.05, 3.63) is 29.8 Å². The molecule has 0 aromatic heterocycles. The monoisotopic (exact) mass is 261 g/mol. The molecule has 1 fully saturated rings. The van der Waals surface area contributed by atoms with E-state index in [0.29, 0.717) is 11.5 Å². The fraction of sp³-hybridized carbons (Fsp3) is 0.647. The van der Waals surface area contributed by atoms with Gasteiger partial charge in [0.15, 0.2) is 0 Å². The standard InChI is InChI=1S/C17H27NO/c1-14(2)18-13-17(9-4-5-10-17)12-15-7-6-8-16(11-15)19-3/h6-8,11,14,18H,4-5,9-10,12-13H2,1-3H3. The quantitative estimate of drug-likeness (QED) is 0.841. The molecule has 19 heavy (non-hydrogen) atoms. The van der Waals surface area contributed by atoms with Gasteiger partial charge in [-0.05, 0) is 42.4 Å². The summed E-state index contributed by atoms with van der Waals surface area (Å²) in [5.74, 6) is 0.975. The second kappa shape index (κ2) is 6.42. The molecule has 2 nitrogen and oxygen atoms in total. The maximum atomic E-state index is 5.33. The lowest BCUT2D eigenvalue weighted by Gasteiger charge is -2.30. The minimum Gasteiger partial charge on any atom is -0.497 e. The predicted molar refractivity (Wildman–Crippen MR) is 80.7 cm³/mol. The Hall–Kier alpha value is -1.02. The van der Waals surface area contributed by atoms with Gasteiger partial charge in [-0.1, -0.05) is 38.8 Å². The van der Waals surface area contributed by atoms with Gasteiger partial charge in [-0.3, -0.25) is 0 Å². The third-order valence-electron chi connectivity index (χ3n) is 4.26. The molecule has 1 saturated carbocycles. The number of hydrogen-bond acceptors (Lipinski definition) is 2. The van der Waals surface area contributed by atoms with Crippen molar-refractivity contribution in [3.63, 3.8) is 0 Å². The van der Waals surface area contributed by atoms with Crippen molar-refractivity contribution in [1.29, 1.82) is 0 Å². The highest BCUT2D eigenvalue weighted by molar-refractivity contribution is 5.29. The Bertz CT molecular complexity index is 394. The average molecular weight is 261 g/mol. The van der Waals surface area contributed by atoms with E-state index in [4.69, 9.17) is 4.74 Å². The second-order valence-corrected chi connectivity index (χ2v) is 6.27. The summed E-state index contributed by atoms with van der Waals surface area (Å²) in [6, 6.07) is 9.12. The van der Waals surface area contributed by atoms with Gasteiger partial charge in [0.25, 0.3) is 0 Å². The average Bonchev–Trinajstić information content (AvgIpc) is 2.86. The molecule has 0 spiro atoms. The van der Waals surface area contributed by atoms with Crippen LogP contribution in [0.4, 0.5) is 0 Å². The molecule has 1 aromatic carbocycles. The summed E-state index contributed by atoms with van der Waals surface area (Å²) < 4.78 is 5.33. The highest BCUT2D eigenvalue weighted by Crippen LogP contribution is 2.40. The van der Waals surface area contributed by atoms with Crippen LogP contribution in [0.2, 0.25) is 0 Å². The molecule has 0 saturated heterocycles. The van der Waals surface area contributed by atoms with E-state index in [1.807, 2.05) is 6.07 Å². The third kappa shape index (κ3) is 3.97. The zero-order valence-electron chi connectivity index (χ0n) is 12.5. The van der Waals surface area contributed by atoms with E-state index in [9.17, 15) is 0 Å². The minimum absolute atomic E-state index is 0.455. The van der Waals surface area contributed by atoms with Gasteiger partial charge in [0.2, 0.25) is 0 Å². The van der Waals surface area contributed by atoms with Crippen LogP contribution in [0.25, 0.3) is 0 Å². The molecule has 1 aliphatic rings.